The Labute approximate surface area is 181 Å². The molecule has 31 heavy (non-hydrogen) atoms. The molecule has 1 atom stereocenters. The van der Waals surface area contributed by atoms with Gasteiger partial charge in [-0.2, -0.15) is 5.26 Å². The van der Waals surface area contributed by atoms with Gasteiger partial charge in [0.25, 0.3) is 0 Å². The summed E-state index contributed by atoms with van der Waals surface area (Å²) in [5.74, 6) is -2.53. The van der Waals surface area contributed by atoms with Gasteiger partial charge in [-0.05, 0) is 53.1 Å². The zero-order valence-corrected chi connectivity index (χ0v) is 18.5. The van der Waals surface area contributed by atoms with Crippen LogP contribution in [0.25, 0.3) is 0 Å². The number of allylic oxidation sites excluding steroid dienone is 2. The van der Waals surface area contributed by atoms with E-state index in [0.29, 0.717) is 5.46 Å². The number of esters is 1. The molecule has 0 aromatic heterocycles. The van der Waals surface area contributed by atoms with Gasteiger partial charge in [-0.25, -0.2) is 9.18 Å². The van der Waals surface area contributed by atoms with Crippen LogP contribution in [0.15, 0.2) is 41.0 Å². The molecule has 1 unspecified atom stereocenters. The molecule has 7 nitrogen and oxygen atoms in total. The Morgan fingerprint density at radius 2 is 1.90 bits per heavy atom. The molecule has 2 heterocycles. The van der Waals surface area contributed by atoms with E-state index in [9.17, 15) is 10.1 Å². The van der Waals surface area contributed by atoms with Crippen LogP contribution in [0.5, 0.6) is 0 Å². The number of nitrogens with two attached hydrogens (primary N) is 1. The van der Waals surface area contributed by atoms with E-state index >= 15 is 4.39 Å². The van der Waals surface area contributed by atoms with Gasteiger partial charge in [0, 0.05) is 5.56 Å². The highest BCUT2D eigenvalue weighted by molar-refractivity contribution is 6.62. The summed E-state index contributed by atoms with van der Waals surface area (Å²) in [6.07, 6.45) is 0. The van der Waals surface area contributed by atoms with Crippen LogP contribution in [-0.4, -0.2) is 30.9 Å². The highest BCUT2D eigenvalue weighted by atomic mass is 19.1. The number of benzene rings is 1. The van der Waals surface area contributed by atoms with E-state index in [0.717, 1.165) is 0 Å². The van der Waals surface area contributed by atoms with Crippen molar-refractivity contribution in [3.05, 3.63) is 52.4 Å². The van der Waals surface area contributed by atoms with E-state index in [1.54, 1.807) is 13.0 Å². The predicted octanol–water partition coefficient (Wildman–Crippen LogP) is 2.77. The summed E-state index contributed by atoms with van der Waals surface area (Å²) >= 11 is 0. The third-order valence-corrected chi connectivity index (χ3v) is 5.98. The lowest BCUT2D eigenvalue weighted by atomic mass is 9.69. The Morgan fingerprint density at radius 1 is 1.29 bits per heavy atom. The summed E-state index contributed by atoms with van der Waals surface area (Å²) in [4.78, 5) is 12.8. The first kappa shape index (κ1) is 22.9. The lowest BCUT2D eigenvalue weighted by Gasteiger charge is -2.32. The Bertz CT molecular complexity index is 1010. The zero-order chi connectivity index (χ0) is 23.1. The number of rotatable bonds is 4. The first-order valence-corrected chi connectivity index (χ1v) is 10.0. The molecule has 1 saturated heterocycles. The van der Waals surface area contributed by atoms with E-state index in [2.05, 4.69) is 0 Å². The summed E-state index contributed by atoms with van der Waals surface area (Å²) in [7, 11) is -0.913. The van der Waals surface area contributed by atoms with E-state index in [1.807, 2.05) is 33.8 Å². The average Bonchev–Trinajstić information content (AvgIpc) is 2.88. The molecular weight excluding hydrogens is 402 g/mol. The molecule has 164 valence electrons. The number of ether oxygens (including phenoxy) is 2. The molecule has 3 rings (SSSR count). The highest BCUT2D eigenvalue weighted by Crippen LogP contribution is 2.42. The summed E-state index contributed by atoms with van der Waals surface area (Å²) in [5.41, 5.74) is 4.96. The second-order valence-corrected chi connectivity index (χ2v) is 8.45. The molecule has 0 aliphatic carbocycles. The Balaban J connectivity index is 2.24. The smallest absolute Gasteiger partial charge is 0.463 e. The van der Waals surface area contributed by atoms with Crippen molar-refractivity contribution in [2.45, 2.75) is 58.7 Å². The maximum absolute atomic E-state index is 15.4. The third kappa shape index (κ3) is 3.82. The minimum atomic E-state index is -1.13. The Kier molecular flexibility index (Phi) is 5.91. The van der Waals surface area contributed by atoms with Crippen LogP contribution >= 0.6 is 0 Å². The number of nitriles is 1. The van der Waals surface area contributed by atoms with Crippen LogP contribution in [0.1, 0.15) is 53.0 Å². The van der Waals surface area contributed by atoms with Crippen LogP contribution in [0.4, 0.5) is 4.39 Å². The topological polar surface area (TPSA) is 104 Å². The molecule has 2 N–H and O–H groups in total. The number of carbonyl (C=O) groups is 1. The van der Waals surface area contributed by atoms with Crippen molar-refractivity contribution in [3.8, 4) is 6.07 Å². The van der Waals surface area contributed by atoms with Gasteiger partial charge in [0.1, 0.15) is 23.2 Å². The molecule has 0 saturated carbocycles. The van der Waals surface area contributed by atoms with Crippen LogP contribution in [0.2, 0.25) is 0 Å². The highest BCUT2D eigenvalue weighted by Gasteiger charge is 2.53. The summed E-state index contributed by atoms with van der Waals surface area (Å²) in [6, 6.07) is 6.40. The normalized spacial score (nSPS) is 22.3. The van der Waals surface area contributed by atoms with E-state index in [4.69, 9.17) is 24.5 Å². The SMILES string of the molecule is CCOC(=O)C1=C(C)OC(N)=C(C#N)C1c1c(F)cccc1B1OC(C)(C)C(C)(C)O1. The van der Waals surface area contributed by atoms with Gasteiger partial charge >= 0.3 is 13.1 Å². The molecule has 0 radical (unpaired) electrons. The van der Waals surface area contributed by atoms with Gasteiger partial charge in [-0.3, -0.25) is 0 Å². The quantitative estimate of drug-likeness (QED) is 0.581. The van der Waals surface area contributed by atoms with Crippen molar-refractivity contribution in [2.75, 3.05) is 6.61 Å². The number of hydrogen-bond acceptors (Lipinski definition) is 7. The Hall–Kier alpha value is -2.83. The molecule has 2 aliphatic rings. The first-order chi connectivity index (χ1) is 14.4. The molecule has 2 aliphatic heterocycles. The second-order valence-electron chi connectivity index (χ2n) is 8.45. The summed E-state index contributed by atoms with van der Waals surface area (Å²) < 4.78 is 38.2. The van der Waals surface area contributed by atoms with Crippen LogP contribution in [0.3, 0.4) is 0 Å². The molecule has 1 fully saturated rings. The first-order valence-electron chi connectivity index (χ1n) is 10.0. The monoisotopic (exact) mass is 428 g/mol. The second kappa shape index (κ2) is 8.02. The third-order valence-electron chi connectivity index (χ3n) is 5.98. The summed E-state index contributed by atoms with van der Waals surface area (Å²) in [5, 5.41) is 9.79. The molecule has 1 aromatic carbocycles. The number of nitrogens with zero attached hydrogens (tertiary/aromatic N) is 1. The van der Waals surface area contributed by atoms with Gasteiger partial charge < -0.3 is 24.5 Å². The van der Waals surface area contributed by atoms with Gasteiger partial charge in [0.2, 0.25) is 5.88 Å². The largest absolute Gasteiger partial charge is 0.495 e. The average molecular weight is 428 g/mol. The molecule has 9 heteroatoms. The molecule has 0 spiro atoms. The van der Waals surface area contributed by atoms with Gasteiger partial charge in [0.15, 0.2) is 0 Å². The number of halogens is 1. The van der Waals surface area contributed by atoms with Crippen molar-refractivity contribution in [1.29, 1.82) is 5.26 Å². The zero-order valence-electron chi connectivity index (χ0n) is 18.5. The van der Waals surface area contributed by atoms with E-state index in [-0.39, 0.29) is 35.0 Å². The lowest BCUT2D eigenvalue weighted by Crippen LogP contribution is -2.41. The van der Waals surface area contributed by atoms with Gasteiger partial charge in [-0.15, -0.1) is 0 Å². The molecule has 1 aromatic rings. The van der Waals surface area contributed by atoms with Crippen LogP contribution in [0, 0.1) is 17.1 Å². The van der Waals surface area contributed by atoms with Gasteiger partial charge in [0.05, 0.1) is 29.3 Å². The van der Waals surface area contributed by atoms with Crippen molar-refractivity contribution in [2.24, 2.45) is 5.73 Å². The van der Waals surface area contributed by atoms with Crippen molar-refractivity contribution in [3.63, 3.8) is 0 Å². The van der Waals surface area contributed by atoms with Crippen LogP contribution in [-0.2, 0) is 23.6 Å². The summed E-state index contributed by atoms with van der Waals surface area (Å²) in [6.45, 7) is 10.8. The Morgan fingerprint density at radius 3 is 2.45 bits per heavy atom. The number of hydrogen-bond donors (Lipinski definition) is 1. The standard InChI is InChI=1S/C22H26BFN2O5/c1-7-28-20(27)16-12(2)29-19(26)13(11-25)17(16)18-14(9-8-10-15(18)24)23-30-21(3,4)22(5,6)31-23/h8-10,17H,7,26H2,1-6H3. The maximum atomic E-state index is 15.4. The van der Waals surface area contributed by atoms with Crippen LogP contribution < -0.4 is 11.2 Å². The van der Waals surface area contributed by atoms with Crippen molar-refractivity contribution in [1.82, 2.24) is 0 Å². The number of carbonyl (C=O) groups excluding carboxylic acids is 1. The molecule has 0 amide bonds. The molecular formula is C22H26BFN2O5. The van der Waals surface area contributed by atoms with Crippen molar-refractivity contribution < 1.29 is 28.0 Å². The minimum absolute atomic E-state index is 0.00969. The van der Waals surface area contributed by atoms with E-state index in [1.165, 1.54) is 19.1 Å². The minimum Gasteiger partial charge on any atom is -0.463 e. The van der Waals surface area contributed by atoms with Gasteiger partial charge in [-0.1, -0.05) is 12.1 Å². The maximum Gasteiger partial charge on any atom is 0.495 e. The fraction of sp³-hybridized carbons (Fsp3) is 0.455. The van der Waals surface area contributed by atoms with Crippen molar-refractivity contribution >= 4 is 18.6 Å². The fourth-order valence-corrected chi connectivity index (χ4v) is 3.68. The molecule has 0 bridgehead atoms. The lowest BCUT2D eigenvalue weighted by molar-refractivity contribution is -0.139. The fourth-order valence-electron chi connectivity index (χ4n) is 3.68. The van der Waals surface area contributed by atoms with E-state index < -0.39 is 36.0 Å². The predicted molar refractivity (Wildman–Crippen MR) is 112 cm³/mol.